The quantitative estimate of drug-likeness (QED) is 0.687. The Morgan fingerprint density at radius 3 is 2.43 bits per heavy atom. The molecule has 14 heavy (non-hydrogen) atoms. The van der Waals surface area contributed by atoms with Crippen molar-refractivity contribution in [3.05, 3.63) is 0 Å². The van der Waals surface area contributed by atoms with Crippen molar-refractivity contribution in [1.82, 2.24) is 4.31 Å². The van der Waals surface area contributed by atoms with Crippen LogP contribution in [0, 0.1) is 17.2 Å². The monoisotopic (exact) mass is 216 g/mol. The topological polar surface area (TPSA) is 61.2 Å². The number of nitriles is 1. The summed E-state index contributed by atoms with van der Waals surface area (Å²) in [6.45, 7) is 4.50. The summed E-state index contributed by atoms with van der Waals surface area (Å²) in [5.41, 5.74) is 0. The predicted octanol–water partition coefficient (Wildman–Crippen LogP) is 0.960. The summed E-state index contributed by atoms with van der Waals surface area (Å²) >= 11 is 0. The largest absolute Gasteiger partial charge is 0.227 e. The van der Waals surface area contributed by atoms with E-state index in [1.807, 2.05) is 13.8 Å². The molecule has 0 aromatic carbocycles. The molecule has 0 heterocycles. The van der Waals surface area contributed by atoms with E-state index < -0.39 is 15.8 Å². The highest BCUT2D eigenvalue weighted by Crippen LogP contribution is 2.30. The van der Waals surface area contributed by atoms with Crippen molar-refractivity contribution in [2.75, 3.05) is 12.3 Å². The molecule has 0 aliphatic heterocycles. The molecule has 1 aliphatic rings. The average Bonchev–Trinajstić information content (AvgIpc) is 2.81. The van der Waals surface area contributed by atoms with Gasteiger partial charge in [-0.2, -0.15) is 9.57 Å². The second kappa shape index (κ2) is 4.28. The molecule has 0 amide bonds. The predicted molar refractivity (Wildman–Crippen MR) is 54.0 cm³/mol. The third-order valence-corrected chi connectivity index (χ3v) is 3.76. The molecule has 0 radical (unpaired) electrons. The Morgan fingerprint density at radius 1 is 1.50 bits per heavy atom. The summed E-state index contributed by atoms with van der Waals surface area (Å²) in [4.78, 5) is 0. The molecule has 0 atom stereocenters. The van der Waals surface area contributed by atoms with E-state index in [2.05, 4.69) is 0 Å². The number of nitrogens with zero attached hydrogens (tertiary/aromatic N) is 2. The van der Waals surface area contributed by atoms with Crippen LogP contribution >= 0.6 is 0 Å². The zero-order valence-corrected chi connectivity index (χ0v) is 9.42. The van der Waals surface area contributed by atoms with Crippen molar-refractivity contribution in [1.29, 1.82) is 5.26 Å². The Balaban J connectivity index is 2.72. The van der Waals surface area contributed by atoms with Crippen molar-refractivity contribution in [3.8, 4) is 6.07 Å². The van der Waals surface area contributed by atoms with Crippen LogP contribution in [0.2, 0.25) is 0 Å². The maximum atomic E-state index is 11.7. The van der Waals surface area contributed by atoms with Crippen LogP contribution in [0.4, 0.5) is 0 Å². The molecule has 5 heteroatoms. The van der Waals surface area contributed by atoms with Gasteiger partial charge in [-0.3, -0.25) is 0 Å². The van der Waals surface area contributed by atoms with Gasteiger partial charge < -0.3 is 0 Å². The minimum atomic E-state index is -3.33. The summed E-state index contributed by atoms with van der Waals surface area (Å²) in [6, 6.07) is 1.88. The minimum absolute atomic E-state index is 0.163. The van der Waals surface area contributed by atoms with Crippen LogP contribution in [0.5, 0.6) is 0 Å². The minimum Gasteiger partial charge on any atom is -0.211 e. The van der Waals surface area contributed by atoms with Crippen molar-refractivity contribution in [2.24, 2.45) is 5.92 Å². The lowest BCUT2D eigenvalue weighted by atomic mass is 10.2. The highest BCUT2D eigenvalue weighted by Gasteiger charge is 2.36. The van der Waals surface area contributed by atoms with Crippen LogP contribution in [-0.4, -0.2) is 31.1 Å². The summed E-state index contributed by atoms with van der Waals surface area (Å²) in [5, 5.41) is 8.43. The smallest absolute Gasteiger partial charge is 0.211 e. The van der Waals surface area contributed by atoms with Crippen LogP contribution in [0.1, 0.15) is 26.7 Å². The van der Waals surface area contributed by atoms with Crippen LogP contribution in [0.3, 0.4) is 0 Å². The fraction of sp³-hybridized carbons (Fsp3) is 0.889. The molecule has 0 unspecified atom stereocenters. The second-order valence-electron chi connectivity index (χ2n) is 4.11. The summed E-state index contributed by atoms with van der Waals surface area (Å²) in [7, 11) is -3.33. The Hall–Kier alpha value is -0.600. The summed E-state index contributed by atoms with van der Waals surface area (Å²) < 4.78 is 24.8. The summed E-state index contributed by atoms with van der Waals surface area (Å²) in [6.07, 6.45) is 1.88. The first-order chi connectivity index (χ1) is 6.47. The van der Waals surface area contributed by atoms with Crippen LogP contribution in [0.15, 0.2) is 0 Å². The maximum absolute atomic E-state index is 11.7. The normalized spacial score (nSPS) is 17.4. The molecular formula is C9H16N2O2S. The van der Waals surface area contributed by atoms with E-state index in [-0.39, 0.29) is 6.04 Å². The first-order valence-corrected chi connectivity index (χ1v) is 6.44. The lowest BCUT2D eigenvalue weighted by Crippen LogP contribution is -2.37. The first kappa shape index (κ1) is 11.5. The fourth-order valence-corrected chi connectivity index (χ4v) is 2.90. The van der Waals surface area contributed by atoms with Gasteiger partial charge in [-0.25, -0.2) is 8.42 Å². The number of sulfonamides is 1. The molecule has 4 nitrogen and oxygen atoms in total. The molecular weight excluding hydrogens is 200 g/mol. The highest BCUT2D eigenvalue weighted by molar-refractivity contribution is 7.89. The zero-order valence-electron chi connectivity index (χ0n) is 8.60. The third-order valence-electron chi connectivity index (χ3n) is 2.10. The average molecular weight is 216 g/mol. The Bertz CT molecular complexity index is 325. The molecule has 0 saturated heterocycles. The fourth-order valence-electron chi connectivity index (χ4n) is 1.38. The van der Waals surface area contributed by atoms with Gasteiger partial charge in [0.15, 0.2) is 5.75 Å². The molecule has 0 bridgehead atoms. The molecule has 1 rings (SSSR count). The standard InChI is InChI=1S/C9H16N2O2S/c1-8(2)7-11(9-3-4-9)14(12,13)6-5-10/h8-9H,3-4,6-7H2,1-2H3. The second-order valence-corrected chi connectivity index (χ2v) is 6.03. The molecule has 0 spiro atoms. The van der Waals surface area contributed by atoms with Gasteiger partial charge in [-0.1, -0.05) is 13.8 Å². The molecule has 0 aromatic heterocycles. The van der Waals surface area contributed by atoms with Gasteiger partial charge in [0.2, 0.25) is 10.0 Å². The van der Waals surface area contributed by atoms with Gasteiger partial charge >= 0.3 is 0 Å². The molecule has 0 N–H and O–H groups in total. The molecule has 1 aliphatic carbocycles. The van der Waals surface area contributed by atoms with Crippen LogP contribution < -0.4 is 0 Å². The van der Waals surface area contributed by atoms with Gasteiger partial charge in [-0.15, -0.1) is 0 Å². The van der Waals surface area contributed by atoms with E-state index in [0.717, 1.165) is 12.8 Å². The van der Waals surface area contributed by atoms with Crippen molar-refractivity contribution in [3.63, 3.8) is 0 Å². The summed E-state index contributed by atoms with van der Waals surface area (Å²) in [5.74, 6) is -0.0833. The third kappa shape index (κ3) is 2.96. The van der Waals surface area contributed by atoms with E-state index >= 15 is 0 Å². The van der Waals surface area contributed by atoms with Gasteiger partial charge in [0.05, 0.1) is 6.07 Å². The Morgan fingerprint density at radius 2 is 2.07 bits per heavy atom. The number of hydrogen-bond donors (Lipinski definition) is 0. The van der Waals surface area contributed by atoms with Crippen molar-refractivity contribution in [2.45, 2.75) is 32.7 Å². The molecule has 1 fully saturated rings. The van der Waals surface area contributed by atoms with E-state index in [9.17, 15) is 8.42 Å². The first-order valence-electron chi connectivity index (χ1n) is 4.84. The number of rotatable bonds is 5. The van der Waals surface area contributed by atoms with E-state index in [1.54, 1.807) is 6.07 Å². The Labute approximate surface area is 85.6 Å². The lowest BCUT2D eigenvalue weighted by molar-refractivity contribution is 0.361. The SMILES string of the molecule is CC(C)CN(C1CC1)S(=O)(=O)CC#N. The molecule has 80 valence electrons. The lowest BCUT2D eigenvalue weighted by Gasteiger charge is -2.22. The number of hydrogen-bond acceptors (Lipinski definition) is 3. The Kier molecular flexibility index (Phi) is 3.51. The van der Waals surface area contributed by atoms with Gasteiger partial charge in [0, 0.05) is 12.6 Å². The molecule has 0 aromatic rings. The van der Waals surface area contributed by atoms with Crippen molar-refractivity contribution < 1.29 is 8.42 Å². The van der Waals surface area contributed by atoms with Gasteiger partial charge in [0.1, 0.15) is 0 Å². The van der Waals surface area contributed by atoms with Gasteiger partial charge in [0.25, 0.3) is 0 Å². The molecule has 1 saturated carbocycles. The van der Waals surface area contributed by atoms with Crippen LogP contribution in [0.25, 0.3) is 0 Å². The van der Waals surface area contributed by atoms with E-state index in [4.69, 9.17) is 5.26 Å². The van der Waals surface area contributed by atoms with Crippen molar-refractivity contribution >= 4 is 10.0 Å². The van der Waals surface area contributed by atoms with Crippen LogP contribution in [-0.2, 0) is 10.0 Å². The maximum Gasteiger partial charge on any atom is 0.227 e. The van der Waals surface area contributed by atoms with E-state index in [0.29, 0.717) is 12.5 Å². The highest BCUT2D eigenvalue weighted by atomic mass is 32.2. The van der Waals surface area contributed by atoms with Gasteiger partial charge in [-0.05, 0) is 18.8 Å². The zero-order chi connectivity index (χ0) is 10.8. The van der Waals surface area contributed by atoms with E-state index in [1.165, 1.54) is 4.31 Å².